The maximum atomic E-state index is 12.9. The summed E-state index contributed by atoms with van der Waals surface area (Å²) in [6, 6.07) is 8.95. The molecule has 1 amide bonds. The van der Waals surface area contributed by atoms with Crippen LogP contribution in [0.1, 0.15) is 57.5 Å². The minimum Gasteiger partial charge on any atom is -0.482 e. The van der Waals surface area contributed by atoms with Gasteiger partial charge >= 0.3 is 5.97 Å². The number of ether oxygens (including phenoxy) is 2. The number of hydrazone groups is 1. The highest BCUT2D eigenvalue weighted by Crippen LogP contribution is 2.39. The molecule has 35 heavy (non-hydrogen) atoms. The smallest absolute Gasteiger partial charge is 0.341 e. The Morgan fingerprint density at radius 2 is 2.00 bits per heavy atom. The number of benzene rings is 1. The van der Waals surface area contributed by atoms with Crippen LogP contribution in [-0.2, 0) is 22.4 Å². The number of thiophene rings is 1. The Morgan fingerprint density at radius 1 is 1.23 bits per heavy atom. The van der Waals surface area contributed by atoms with Gasteiger partial charge < -0.3 is 14.0 Å². The van der Waals surface area contributed by atoms with Gasteiger partial charge in [-0.25, -0.2) is 10.2 Å². The molecule has 1 N–H and O–H groups in total. The van der Waals surface area contributed by atoms with Crippen molar-refractivity contribution >= 4 is 41.0 Å². The van der Waals surface area contributed by atoms with E-state index in [0.29, 0.717) is 22.9 Å². The first-order valence-electron chi connectivity index (χ1n) is 11.6. The molecule has 184 valence electrons. The molecule has 0 atom stereocenters. The molecule has 7 nitrogen and oxygen atoms in total. The number of halogens is 1. The highest BCUT2D eigenvalue weighted by molar-refractivity contribution is 7.15. The number of esters is 1. The van der Waals surface area contributed by atoms with E-state index in [1.165, 1.54) is 4.88 Å². The third kappa shape index (κ3) is 5.44. The van der Waals surface area contributed by atoms with E-state index in [1.807, 2.05) is 26.8 Å². The molecular formula is C26H28ClN3O4S. The molecule has 0 spiro atoms. The monoisotopic (exact) mass is 513 g/mol. The fraction of sp³-hybridized carbons (Fsp3) is 0.346. The number of fused-ring (bicyclic) bond motifs is 1. The summed E-state index contributed by atoms with van der Waals surface area (Å²) in [5, 5.41) is 5.43. The number of hydrogen-bond acceptors (Lipinski definition) is 6. The molecule has 3 aromatic rings. The zero-order valence-electron chi connectivity index (χ0n) is 20.0. The lowest BCUT2D eigenvalue weighted by atomic mass is 9.95. The number of aromatic nitrogens is 1. The first-order valence-corrected chi connectivity index (χ1v) is 12.8. The van der Waals surface area contributed by atoms with Gasteiger partial charge in [0, 0.05) is 21.8 Å². The standard InChI is InChI=1S/C26H28ClN3O4S/c1-4-33-26(32)24-19-9-5-8-12-22(19)35-25(24)30-16(2)13-18(17(30)3)14-28-29-23(31)15-34-21-11-7-6-10-20(21)27/h6-7,10-11,13-14H,4-5,8-9,12,15H2,1-3H3,(H,29,31)/b28-14-. The number of para-hydroxylation sites is 1. The van der Waals surface area contributed by atoms with E-state index >= 15 is 0 Å². The van der Waals surface area contributed by atoms with Gasteiger partial charge in [-0.2, -0.15) is 5.10 Å². The van der Waals surface area contributed by atoms with Crippen molar-refractivity contribution < 1.29 is 19.1 Å². The second-order valence-electron chi connectivity index (χ2n) is 8.29. The molecule has 0 aliphatic heterocycles. The third-order valence-corrected chi connectivity index (χ3v) is 7.48. The van der Waals surface area contributed by atoms with E-state index < -0.39 is 5.91 Å². The van der Waals surface area contributed by atoms with E-state index in [-0.39, 0.29) is 12.6 Å². The van der Waals surface area contributed by atoms with Gasteiger partial charge in [0.15, 0.2) is 6.61 Å². The Kier molecular flexibility index (Phi) is 7.93. The van der Waals surface area contributed by atoms with Gasteiger partial charge in [0.05, 0.1) is 23.4 Å². The average molecular weight is 514 g/mol. The van der Waals surface area contributed by atoms with E-state index in [0.717, 1.165) is 53.2 Å². The van der Waals surface area contributed by atoms with Crippen LogP contribution in [0.5, 0.6) is 5.75 Å². The summed E-state index contributed by atoms with van der Waals surface area (Å²) in [6.07, 6.45) is 5.70. The molecule has 0 fully saturated rings. The number of aryl methyl sites for hydroxylation is 2. The lowest BCUT2D eigenvalue weighted by Gasteiger charge is -2.13. The molecule has 2 aromatic heterocycles. The zero-order chi connectivity index (χ0) is 24.9. The Labute approximate surface area is 213 Å². The molecule has 1 aliphatic rings. The molecule has 1 aliphatic carbocycles. The number of carbonyl (C=O) groups is 2. The van der Waals surface area contributed by atoms with Gasteiger partial charge in [0.2, 0.25) is 0 Å². The van der Waals surface area contributed by atoms with Crippen LogP contribution in [0.4, 0.5) is 0 Å². The lowest BCUT2D eigenvalue weighted by molar-refractivity contribution is -0.123. The van der Waals surface area contributed by atoms with E-state index in [1.54, 1.807) is 41.8 Å². The van der Waals surface area contributed by atoms with E-state index in [4.69, 9.17) is 21.1 Å². The van der Waals surface area contributed by atoms with Gasteiger partial charge in [0.25, 0.3) is 5.91 Å². The summed E-state index contributed by atoms with van der Waals surface area (Å²) in [4.78, 5) is 26.3. The Hall–Kier alpha value is -3.10. The fourth-order valence-corrected chi connectivity index (χ4v) is 5.94. The summed E-state index contributed by atoms with van der Waals surface area (Å²) < 4.78 is 12.9. The quantitative estimate of drug-likeness (QED) is 0.248. The van der Waals surface area contributed by atoms with Gasteiger partial charge in [-0.1, -0.05) is 23.7 Å². The van der Waals surface area contributed by atoms with Crippen molar-refractivity contribution in [2.24, 2.45) is 5.10 Å². The molecule has 0 radical (unpaired) electrons. The summed E-state index contributed by atoms with van der Waals surface area (Å²) >= 11 is 7.71. The normalized spacial score (nSPS) is 13.0. The van der Waals surface area contributed by atoms with Crippen LogP contribution in [0.3, 0.4) is 0 Å². The number of hydrogen-bond donors (Lipinski definition) is 1. The summed E-state index contributed by atoms with van der Waals surface area (Å²) in [5.41, 5.74) is 7.04. The first kappa shape index (κ1) is 25.0. The number of carbonyl (C=O) groups excluding carboxylic acids is 2. The topological polar surface area (TPSA) is 81.9 Å². The van der Waals surface area contributed by atoms with Crippen molar-refractivity contribution in [3.05, 3.63) is 68.3 Å². The summed E-state index contributed by atoms with van der Waals surface area (Å²) in [6.45, 7) is 5.93. The van der Waals surface area contributed by atoms with Gasteiger partial charge in [-0.05, 0) is 70.2 Å². The molecule has 4 rings (SSSR count). The highest BCUT2D eigenvalue weighted by atomic mass is 35.5. The Balaban J connectivity index is 1.52. The van der Waals surface area contributed by atoms with Crippen molar-refractivity contribution in [3.63, 3.8) is 0 Å². The molecular weight excluding hydrogens is 486 g/mol. The van der Waals surface area contributed by atoms with Crippen LogP contribution in [0, 0.1) is 13.8 Å². The Morgan fingerprint density at radius 3 is 2.77 bits per heavy atom. The minimum atomic E-state index is -0.398. The van der Waals surface area contributed by atoms with Crippen molar-refractivity contribution in [3.8, 4) is 10.8 Å². The van der Waals surface area contributed by atoms with Gasteiger partial charge in [0.1, 0.15) is 10.8 Å². The van der Waals surface area contributed by atoms with Crippen LogP contribution < -0.4 is 10.2 Å². The predicted octanol–water partition coefficient (Wildman–Crippen LogP) is 5.39. The maximum absolute atomic E-state index is 12.9. The molecule has 0 saturated heterocycles. The minimum absolute atomic E-state index is 0.205. The molecule has 1 aromatic carbocycles. The molecule has 0 saturated carbocycles. The SMILES string of the molecule is CCOC(=O)c1c(-n2c(C)cc(/C=N\NC(=O)COc3ccccc3Cl)c2C)sc2c1CCCC2. The summed E-state index contributed by atoms with van der Waals surface area (Å²) in [7, 11) is 0. The number of nitrogens with zero attached hydrogens (tertiary/aromatic N) is 2. The van der Waals surface area contributed by atoms with Crippen molar-refractivity contribution in [1.82, 2.24) is 9.99 Å². The summed E-state index contributed by atoms with van der Waals surface area (Å²) in [5.74, 6) is -0.228. The van der Waals surface area contributed by atoms with Crippen LogP contribution in [-0.4, -0.2) is 35.9 Å². The zero-order valence-corrected chi connectivity index (χ0v) is 21.6. The second kappa shape index (κ2) is 11.1. The predicted molar refractivity (Wildman–Crippen MR) is 138 cm³/mol. The first-order chi connectivity index (χ1) is 16.9. The number of rotatable bonds is 8. The maximum Gasteiger partial charge on any atom is 0.341 e. The average Bonchev–Trinajstić information content (AvgIpc) is 3.35. The van der Waals surface area contributed by atoms with Crippen LogP contribution >= 0.6 is 22.9 Å². The number of amides is 1. The van der Waals surface area contributed by atoms with Crippen LogP contribution in [0.2, 0.25) is 5.02 Å². The fourth-order valence-electron chi connectivity index (χ4n) is 4.26. The van der Waals surface area contributed by atoms with E-state index in [2.05, 4.69) is 15.1 Å². The lowest BCUT2D eigenvalue weighted by Crippen LogP contribution is -2.24. The molecule has 0 unspecified atom stereocenters. The van der Waals surface area contributed by atoms with Crippen LogP contribution in [0.15, 0.2) is 35.4 Å². The van der Waals surface area contributed by atoms with Crippen molar-refractivity contribution in [2.45, 2.75) is 46.5 Å². The van der Waals surface area contributed by atoms with Gasteiger partial charge in [-0.15, -0.1) is 11.3 Å². The van der Waals surface area contributed by atoms with Crippen molar-refractivity contribution in [1.29, 1.82) is 0 Å². The third-order valence-electron chi connectivity index (χ3n) is 5.89. The van der Waals surface area contributed by atoms with Gasteiger partial charge in [-0.3, -0.25) is 4.79 Å². The molecule has 2 heterocycles. The molecule has 0 bridgehead atoms. The van der Waals surface area contributed by atoms with Crippen LogP contribution in [0.25, 0.3) is 5.00 Å². The Bertz CT molecular complexity index is 1280. The number of nitrogens with one attached hydrogen (secondary N) is 1. The highest BCUT2D eigenvalue weighted by Gasteiger charge is 2.28. The van der Waals surface area contributed by atoms with Crippen molar-refractivity contribution in [2.75, 3.05) is 13.2 Å². The van der Waals surface area contributed by atoms with E-state index in [9.17, 15) is 9.59 Å². The molecule has 9 heteroatoms. The largest absolute Gasteiger partial charge is 0.482 e. The second-order valence-corrected chi connectivity index (χ2v) is 9.78.